The number of hydrazone groups is 1. The van der Waals surface area contributed by atoms with E-state index in [1.165, 1.54) is 55.8 Å². The van der Waals surface area contributed by atoms with Gasteiger partial charge in [0.2, 0.25) is 0 Å². The first-order valence-corrected chi connectivity index (χ1v) is 11.0. The van der Waals surface area contributed by atoms with E-state index in [0.29, 0.717) is 16.1 Å². The molecule has 36 heavy (non-hydrogen) atoms. The van der Waals surface area contributed by atoms with E-state index in [4.69, 9.17) is 37.4 Å². The topological polar surface area (TPSA) is 129 Å². The standard InChI is InChI=1S/C24H19Cl2N3O7/c1-14-3-7-20(19(9-14)29(32)33)35-13-23(30)28-27-12-15-4-8-21(22(10-15)34-2)36-24(31)17-6-5-16(25)11-18(17)26/h3-12H,13H2,1-2H3,(H,28,30). The van der Waals surface area contributed by atoms with Gasteiger partial charge in [-0.1, -0.05) is 29.3 Å². The first kappa shape index (κ1) is 26.5. The zero-order chi connectivity index (χ0) is 26.2. The highest BCUT2D eigenvalue weighted by molar-refractivity contribution is 6.36. The van der Waals surface area contributed by atoms with E-state index in [-0.39, 0.29) is 33.5 Å². The molecule has 0 fully saturated rings. The van der Waals surface area contributed by atoms with E-state index in [9.17, 15) is 19.7 Å². The molecular weight excluding hydrogens is 513 g/mol. The highest BCUT2D eigenvalue weighted by Gasteiger charge is 2.17. The number of ether oxygens (including phenoxy) is 3. The fourth-order valence-corrected chi connectivity index (χ4v) is 3.39. The first-order valence-electron chi connectivity index (χ1n) is 10.2. The van der Waals surface area contributed by atoms with Gasteiger partial charge >= 0.3 is 11.7 Å². The fraction of sp³-hybridized carbons (Fsp3) is 0.125. The van der Waals surface area contributed by atoms with Crippen molar-refractivity contribution in [1.29, 1.82) is 0 Å². The highest BCUT2D eigenvalue weighted by atomic mass is 35.5. The average molecular weight is 532 g/mol. The minimum atomic E-state index is -0.697. The van der Waals surface area contributed by atoms with Crippen molar-refractivity contribution in [1.82, 2.24) is 5.43 Å². The number of carbonyl (C=O) groups is 2. The molecule has 0 aromatic heterocycles. The average Bonchev–Trinajstić information content (AvgIpc) is 2.83. The molecule has 10 nitrogen and oxygen atoms in total. The van der Waals surface area contributed by atoms with Gasteiger partial charge in [0.15, 0.2) is 23.9 Å². The molecule has 0 saturated heterocycles. The predicted molar refractivity (Wildman–Crippen MR) is 133 cm³/mol. The molecule has 0 spiro atoms. The molecule has 3 rings (SSSR count). The second-order valence-electron chi connectivity index (χ2n) is 7.23. The number of hydrogen-bond donors (Lipinski definition) is 1. The zero-order valence-electron chi connectivity index (χ0n) is 19.0. The minimum Gasteiger partial charge on any atom is -0.493 e. The van der Waals surface area contributed by atoms with Crippen LogP contribution < -0.4 is 19.6 Å². The molecule has 0 atom stereocenters. The number of carbonyl (C=O) groups excluding carboxylic acids is 2. The summed E-state index contributed by atoms with van der Waals surface area (Å²) in [5, 5.41) is 15.5. The highest BCUT2D eigenvalue weighted by Crippen LogP contribution is 2.30. The molecule has 0 bridgehead atoms. The van der Waals surface area contributed by atoms with Gasteiger partial charge in [-0.25, -0.2) is 10.2 Å². The van der Waals surface area contributed by atoms with E-state index in [2.05, 4.69) is 10.5 Å². The van der Waals surface area contributed by atoms with Crippen LogP contribution in [-0.4, -0.2) is 36.7 Å². The number of nitro benzene ring substituents is 1. The number of nitro groups is 1. The number of nitrogens with one attached hydrogen (secondary N) is 1. The SMILES string of the molecule is COc1cc(C=NNC(=O)COc2ccc(C)cc2[N+](=O)[O-])ccc1OC(=O)c1ccc(Cl)cc1Cl. The van der Waals surface area contributed by atoms with Crippen molar-refractivity contribution in [3.63, 3.8) is 0 Å². The second kappa shape index (κ2) is 12.0. The molecule has 0 aliphatic rings. The van der Waals surface area contributed by atoms with Crippen LogP contribution in [-0.2, 0) is 4.79 Å². The second-order valence-corrected chi connectivity index (χ2v) is 8.08. The minimum absolute atomic E-state index is 0.0283. The molecule has 3 aromatic rings. The zero-order valence-corrected chi connectivity index (χ0v) is 20.5. The van der Waals surface area contributed by atoms with Gasteiger partial charge in [0, 0.05) is 11.1 Å². The molecule has 12 heteroatoms. The van der Waals surface area contributed by atoms with Gasteiger partial charge in [-0.05, 0) is 60.5 Å². The van der Waals surface area contributed by atoms with E-state index in [1.54, 1.807) is 19.1 Å². The summed E-state index contributed by atoms with van der Waals surface area (Å²) in [5.74, 6) is -0.975. The number of methoxy groups -OCH3 is 1. The third kappa shape index (κ3) is 6.94. The Kier molecular flexibility index (Phi) is 8.82. The summed E-state index contributed by atoms with van der Waals surface area (Å²) in [4.78, 5) is 35.0. The number of nitrogens with zero attached hydrogens (tertiary/aromatic N) is 2. The fourth-order valence-electron chi connectivity index (χ4n) is 2.91. The lowest BCUT2D eigenvalue weighted by Gasteiger charge is -2.10. The summed E-state index contributed by atoms with van der Waals surface area (Å²) in [6.45, 7) is 1.23. The Bertz CT molecular complexity index is 1350. The molecule has 0 radical (unpaired) electrons. The molecule has 1 N–H and O–H groups in total. The lowest BCUT2D eigenvalue weighted by atomic mass is 10.2. The Morgan fingerprint density at radius 1 is 1.06 bits per heavy atom. The van der Waals surface area contributed by atoms with Gasteiger partial charge in [-0.2, -0.15) is 5.10 Å². The van der Waals surface area contributed by atoms with E-state index in [1.807, 2.05) is 0 Å². The Morgan fingerprint density at radius 3 is 2.50 bits per heavy atom. The van der Waals surface area contributed by atoms with Gasteiger partial charge in [0.05, 0.1) is 28.8 Å². The number of rotatable bonds is 9. The van der Waals surface area contributed by atoms with Crippen molar-refractivity contribution >= 4 is 47.0 Å². The smallest absolute Gasteiger partial charge is 0.345 e. The monoisotopic (exact) mass is 531 g/mol. The van der Waals surface area contributed by atoms with Gasteiger partial charge in [0.1, 0.15) is 0 Å². The molecular formula is C24H19Cl2N3O7. The number of benzene rings is 3. The van der Waals surface area contributed by atoms with Crippen LogP contribution in [0.2, 0.25) is 10.0 Å². The molecule has 0 unspecified atom stereocenters. The Balaban J connectivity index is 1.60. The molecule has 0 heterocycles. The van der Waals surface area contributed by atoms with Crippen molar-refractivity contribution in [3.8, 4) is 17.2 Å². The van der Waals surface area contributed by atoms with E-state index >= 15 is 0 Å². The summed E-state index contributed by atoms with van der Waals surface area (Å²) in [6.07, 6.45) is 1.33. The lowest BCUT2D eigenvalue weighted by Crippen LogP contribution is -2.24. The van der Waals surface area contributed by atoms with Crippen molar-refractivity contribution in [2.45, 2.75) is 6.92 Å². The molecule has 0 aliphatic carbocycles. The van der Waals surface area contributed by atoms with E-state index in [0.717, 1.165) is 0 Å². The van der Waals surface area contributed by atoms with Crippen molar-refractivity contribution in [2.75, 3.05) is 13.7 Å². The summed E-state index contributed by atoms with van der Waals surface area (Å²) >= 11 is 11.9. The normalized spacial score (nSPS) is 10.7. The molecule has 0 saturated carbocycles. The van der Waals surface area contributed by atoms with Gasteiger partial charge in [-0.3, -0.25) is 14.9 Å². The summed E-state index contributed by atoms with van der Waals surface area (Å²) in [7, 11) is 1.40. The van der Waals surface area contributed by atoms with Crippen LogP contribution in [0.25, 0.3) is 0 Å². The maximum atomic E-state index is 12.5. The lowest BCUT2D eigenvalue weighted by molar-refractivity contribution is -0.385. The van der Waals surface area contributed by atoms with E-state index < -0.39 is 23.4 Å². The molecule has 1 amide bonds. The van der Waals surface area contributed by atoms with Crippen LogP contribution >= 0.6 is 23.2 Å². The number of amides is 1. The summed E-state index contributed by atoms with van der Waals surface area (Å²) in [6, 6.07) is 13.4. The van der Waals surface area contributed by atoms with Crippen LogP contribution in [0, 0.1) is 17.0 Å². The third-order valence-corrected chi connectivity index (χ3v) is 5.16. The number of aryl methyl sites for hydroxylation is 1. The van der Waals surface area contributed by atoms with Crippen LogP contribution in [0.3, 0.4) is 0 Å². The number of esters is 1. The summed E-state index contributed by atoms with van der Waals surface area (Å²) < 4.78 is 15.9. The van der Waals surface area contributed by atoms with Crippen LogP contribution in [0.4, 0.5) is 5.69 Å². The van der Waals surface area contributed by atoms with Crippen molar-refractivity contribution < 1.29 is 28.7 Å². The maximum absolute atomic E-state index is 12.5. The van der Waals surface area contributed by atoms with Gasteiger partial charge < -0.3 is 14.2 Å². The van der Waals surface area contributed by atoms with Gasteiger partial charge in [0.25, 0.3) is 5.91 Å². The van der Waals surface area contributed by atoms with Crippen LogP contribution in [0.15, 0.2) is 59.7 Å². The van der Waals surface area contributed by atoms with Crippen LogP contribution in [0.5, 0.6) is 17.2 Å². The summed E-state index contributed by atoms with van der Waals surface area (Å²) in [5.41, 5.74) is 3.37. The largest absolute Gasteiger partial charge is 0.493 e. The Morgan fingerprint density at radius 2 is 1.81 bits per heavy atom. The molecule has 3 aromatic carbocycles. The number of hydrogen-bond acceptors (Lipinski definition) is 8. The van der Waals surface area contributed by atoms with Crippen molar-refractivity contribution in [3.05, 3.63) is 91.4 Å². The maximum Gasteiger partial charge on any atom is 0.345 e. The molecule has 186 valence electrons. The number of halogens is 2. The quantitative estimate of drug-likeness (QED) is 0.135. The van der Waals surface area contributed by atoms with Gasteiger partial charge in [-0.15, -0.1) is 0 Å². The van der Waals surface area contributed by atoms with Crippen molar-refractivity contribution in [2.24, 2.45) is 5.10 Å². The first-order chi connectivity index (χ1) is 17.2. The Labute approximate surface area is 215 Å². The van der Waals surface area contributed by atoms with Crippen LogP contribution in [0.1, 0.15) is 21.5 Å². The predicted octanol–water partition coefficient (Wildman–Crippen LogP) is 4.97. The third-order valence-electron chi connectivity index (χ3n) is 4.61. The Hall–Kier alpha value is -4.15. The molecule has 0 aliphatic heterocycles.